The van der Waals surface area contributed by atoms with Gasteiger partial charge >= 0.3 is 0 Å². The Bertz CT molecular complexity index is 626. The lowest BCUT2D eigenvalue weighted by molar-refractivity contribution is -0.0494. The summed E-state index contributed by atoms with van der Waals surface area (Å²) in [5.74, 6) is 4.29. The van der Waals surface area contributed by atoms with E-state index in [1.807, 2.05) is 0 Å². The first-order valence-corrected chi connectivity index (χ1v) is 11.9. The Balaban J connectivity index is 1.43. The van der Waals surface area contributed by atoms with Gasteiger partial charge in [-0.05, 0) is 100.0 Å². The summed E-state index contributed by atoms with van der Waals surface area (Å²) >= 11 is 0. The molecule has 0 spiro atoms. The average molecular weight is 387 g/mol. The van der Waals surface area contributed by atoms with Crippen molar-refractivity contribution in [2.45, 2.75) is 72.1 Å². The number of nitrogens with zero attached hydrogens (tertiary/aromatic N) is 2. The maximum atomic E-state index is 5.46. The standard InChI is InChI=1S/C25H42N2O/c1-18-6-9-22-21-8-7-20-16-19(17-26-28-15-14-27(4)5)10-12-25(20,3)23(21)11-13-24(18,22)2/h16-19,21-23H,6-15H2,1-5H3/t18-,19-,21?,22?,23?,24+,25-/m0/s1. The number of rotatable bonds is 5. The van der Waals surface area contributed by atoms with Gasteiger partial charge in [0.25, 0.3) is 0 Å². The minimum Gasteiger partial charge on any atom is -0.395 e. The summed E-state index contributed by atoms with van der Waals surface area (Å²) in [6.45, 7) is 9.36. The molecule has 0 bridgehead atoms. The lowest BCUT2D eigenvalue weighted by Gasteiger charge is -2.58. The summed E-state index contributed by atoms with van der Waals surface area (Å²) in [5.41, 5.74) is 2.83. The predicted molar refractivity (Wildman–Crippen MR) is 117 cm³/mol. The topological polar surface area (TPSA) is 24.8 Å². The summed E-state index contributed by atoms with van der Waals surface area (Å²) in [4.78, 5) is 7.59. The van der Waals surface area contributed by atoms with Crippen LogP contribution in [0.25, 0.3) is 0 Å². The highest BCUT2D eigenvalue weighted by Gasteiger charge is 2.57. The van der Waals surface area contributed by atoms with E-state index in [9.17, 15) is 0 Å². The Labute approximate surface area is 173 Å². The average Bonchev–Trinajstić information content (AvgIpc) is 2.96. The van der Waals surface area contributed by atoms with Crippen molar-refractivity contribution in [1.29, 1.82) is 0 Å². The van der Waals surface area contributed by atoms with Gasteiger partial charge < -0.3 is 9.74 Å². The van der Waals surface area contributed by atoms with Crippen LogP contribution >= 0.6 is 0 Å². The molecule has 3 nitrogen and oxygen atoms in total. The summed E-state index contributed by atoms with van der Waals surface area (Å²) in [6.07, 6.45) is 15.9. The fourth-order valence-corrected chi connectivity index (χ4v) is 7.53. The fourth-order valence-electron chi connectivity index (χ4n) is 7.53. The normalized spacial score (nSPS) is 45.5. The van der Waals surface area contributed by atoms with Crippen LogP contribution in [0.15, 0.2) is 16.8 Å². The van der Waals surface area contributed by atoms with Crippen LogP contribution in [-0.2, 0) is 4.84 Å². The van der Waals surface area contributed by atoms with Crippen molar-refractivity contribution in [3.8, 4) is 0 Å². The summed E-state index contributed by atoms with van der Waals surface area (Å²) in [5, 5.41) is 4.27. The van der Waals surface area contributed by atoms with E-state index in [2.05, 4.69) is 57.2 Å². The molecule has 0 aromatic rings. The lowest BCUT2D eigenvalue weighted by Crippen LogP contribution is -2.50. The van der Waals surface area contributed by atoms with E-state index >= 15 is 0 Å². The predicted octanol–water partition coefficient (Wildman–Crippen LogP) is 5.77. The Morgan fingerprint density at radius 2 is 1.93 bits per heavy atom. The van der Waals surface area contributed by atoms with Gasteiger partial charge in [-0.3, -0.25) is 0 Å². The second-order valence-electron chi connectivity index (χ2n) is 11.1. The molecule has 0 heterocycles. The monoisotopic (exact) mass is 386 g/mol. The molecule has 7 atom stereocenters. The van der Waals surface area contributed by atoms with Gasteiger partial charge in [0.05, 0.1) is 6.21 Å². The number of oxime groups is 1. The third-order valence-corrected chi connectivity index (χ3v) is 9.58. The van der Waals surface area contributed by atoms with Gasteiger partial charge in [-0.15, -0.1) is 0 Å². The Morgan fingerprint density at radius 1 is 1.11 bits per heavy atom. The Kier molecular flexibility index (Phi) is 5.68. The van der Waals surface area contributed by atoms with Crippen molar-refractivity contribution in [2.75, 3.05) is 27.2 Å². The van der Waals surface area contributed by atoms with Gasteiger partial charge in [-0.1, -0.05) is 37.6 Å². The minimum atomic E-state index is 0.451. The molecule has 0 radical (unpaired) electrons. The lowest BCUT2D eigenvalue weighted by atomic mass is 9.46. The van der Waals surface area contributed by atoms with Gasteiger partial charge in [0.2, 0.25) is 0 Å². The smallest absolute Gasteiger partial charge is 0.129 e. The van der Waals surface area contributed by atoms with Crippen LogP contribution in [0, 0.1) is 40.4 Å². The van der Waals surface area contributed by atoms with Crippen LogP contribution in [0.4, 0.5) is 0 Å². The molecule has 28 heavy (non-hydrogen) atoms. The van der Waals surface area contributed by atoms with Crippen molar-refractivity contribution in [3.63, 3.8) is 0 Å². The summed E-state index contributed by atoms with van der Waals surface area (Å²) in [7, 11) is 4.13. The van der Waals surface area contributed by atoms with E-state index in [0.717, 1.165) is 30.2 Å². The SMILES string of the molecule is C[C@H]1CCC2C3CCC4=C[C@@H](C=NOCCN(C)C)CC[C@]4(C)C3CC[C@@]21C. The molecule has 158 valence electrons. The number of fused-ring (bicyclic) bond motifs is 5. The first kappa shape index (κ1) is 20.4. The van der Waals surface area contributed by atoms with E-state index in [1.165, 1.54) is 51.4 Å². The third-order valence-electron chi connectivity index (χ3n) is 9.58. The first-order chi connectivity index (χ1) is 13.3. The fraction of sp³-hybridized carbons (Fsp3) is 0.880. The van der Waals surface area contributed by atoms with Crippen molar-refractivity contribution < 1.29 is 4.84 Å². The van der Waals surface area contributed by atoms with Crippen molar-refractivity contribution in [1.82, 2.24) is 4.90 Å². The molecule has 0 N–H and O–H groups in total. The molecule has 0 aromatic heterocycles. The highest BCUT2D eigenvalue weighted by atomic mass is 16.6. The van der Waals surface area contributed by atoms with E-state index in [0.29, 0.717) is 23.4 Å². The van der Waals surface area contributed by atoms with Crippen LogP contribution < -0.4 is 0 Å². The van der Waals surface area contributed by atoms with Crippen LogP contribution in [0.5, 0.6) is 0 Å². The molecular weight excluding hydrogens is 344 g/mol. The summed E-state index contributed by atoms with van der Waals surface area (Å²) < 4.78 is 0. The molecule has 3 unspecified atom stereocenters. The summed E-state index contributed by atoms with van der Waals surface area (Å²) in [6, 6.07) is 0. The van der Waals surface area contributed by atoms with Crippen LogP contribution in [0.3, 0.4) is 0 Å². The van der Waals surface area contributed by atoms with Gasteiger partial charge in [0.15, 0.2) is 0 Å². The second-order valence-corrected chi connectivity index (χ2v) is 11.1. The molecule has 0 saturated heterocycles. The zero-order valence-corrected chi connectivity index (χ0v) is 18.9. The molecule has 3 fully saturated rings. The van der Waals surface area contributed by atoms with E-state index in [4.69, 9.17) is 4.84 Å². The van der Waals surface area contributed by atoms with Gasteiger partial charge in [-0.25, -0.2) is 0 Å². The van der Waals surface area contributed by atoms with Crippen molar-refractivity contribution in [3.05, 3.63) is 11.6 Å². The molecule has 4 aliphatic carbocycles. The number of hydrogen-bond donors (Lipinski definition) is 0. The zero-order valence-electron chi connectivity index (χ0n) is 18.9. The van der Waals surface area contributed by atoms with Crippen molar-refractivity contribution >= 4 is 6.21 Å². The van der Waals surface area contributed by atoms with Gasteiger partial charge in [0.1, 0.15) is 6.61 Å². The molecule has 4 aliphatic rings. The number of likely N-dealkylation sites (N-methyl/N-ethyl adjacent to an activating group) is 1. The molecule has 4 rings (SSSR count). The zero-order chi connectivity index (χ0) is 19.9. The Morgan fingerprint density at radius 3 is 2.71 bits per heavy atom. The van der Waals surface area contributed by atoms with Gasteiger partial charge in [-0.2, -0.15) is 0 Å². The van der Waals surface area contributed by atoms with Crippen LogP contribution in [0.2, 0.25) is 0 Å². The quantitative estimate of drug-likeness (QED) is 0.259. The van der Waals surface area contributed by atoms with Crippen LogP contribution in [-0.4, -0.2) is 38.4 Å². The largest absolute Gasteiger partial charge is 0.395 e. The molecule has 3 heteroatoms. The van der Waals surface area contributed by atoms with Crippen molar-refractivity contribution in [2.24, 2.45) is 45.6 Å². The minimum absolute atomic E-state index is 0.451. The second kappa shape index (κ2) is 7.78. The van der Waals surface area contributed by atoms with E-state index in [1.54, 1.807) is 5.57 Å². The Hall–Kier alpha value is -0.830. The highest BCUT2D eigenvalue weighted by molar-refractivity contribution is 5.63. The maximum absolute atomic E-state index is 5.46. The van der Waals surface area contributed by atoms with Crippen LogP contribution in [0.1, 0.15) is 72.1 Å². The molecular formula is C25H42N2O. The third kappa shape index (κ3) is 3.46. The molecule has 0 aliphatic heterocycles. The van der Waals surface area contributed by atoms with Gasteiger partial charge in [0, 0.05) is 12.5 Å². The molecule has 0 aromatic carbocycles. The molecule has 0 amide bonds. The highest BCUT2D eigenvalue weighted by Crippen LogP contribution is 2.66. The number of hydrogen-bond acceptors (Lipinski definition) is 3. The maximum Gasteiger partial charge on any atom is 0.129 e. The first-order valence-electron chi connectivity index (χ1n) is 11.9. The number of allylic oxidation sites excluding steroid dienone is 2. The van der Waals surface area contributed by atoms with E-state index in [-0.39, 0.29) is 0 Å². The van der Waals surface area contributed by atoms with E-state index < -0.39 is 0 Å². The molecule has 3 saturated carbocycles.